The highest BCUT2D eigenvalue weighted by Crippen LogP contribution is 2.30. The Morgan fingerprint density at radius 3 is 2.60 bits per heavy atom. The van der Waals surface area contributed by atoms with Crippen LogP contribution >= 0.6 is 23.2 Å². The summed E-state index contributed by atoms with van der Waals surface area (Å²) in [6, 6.07) is 11.8. The first-order valence-electron chi connectivity index (χ1n) is 9.67. The largest absolute Gasteiger partial charge is 0.495 e. The quantitative estimate of drug-likeness (QED) is 0.668. The Balaban J connectivity index is 1.60. The van der Waals surface area contributed by atoms with Crippen LogP contribution in [-0.2, 0) is 21.2 Å². The molecule has 0 bridgehead atoms. The van der Waals surface area contributed by atoms with E-state index in [1.807, 2.05) is 24.3 Å². The maximum absolute atomic E-state index is 13.0. The van der Waals surface area contributed by atoms with E-state index < -0.39 is 10.0 Å². The summed E-state index contributed by atoms with van der Waals surface area (Å²) in [4.78, 5) is 12.7. The van der Waals surface area contributed by atoms with E-state index in [2.05, 4.69) is 5.32 Å². The first kappa shape index (κ1) is 22.9. The lowest BCUT2D eigenvalue weighted by atomic mass is 9.99. The second-order valence-electron chi connectivity index (χ2n) is 7.17. The van der Waals surface area contributed by atoms with Crippen LogP contribution in [0.3, 0.4) is 0 Å². The third-order valence-electron chi connectivity index (χ3n) is 5.14. The van der Waals surface area contributed by atoms with Gasteiger partial charge in [0.05, 0.1) is 22.9 Å². The minimum absolute atomic E-state index is 0.0945. The standard InChI is InChI=1S/C21H24Cl2N2O4S/c1-29-20-9-8-18(13-19(20)23)30(27,28)25-12-2-3-16(14-25)21(26)24-11-10-15-4-6-17(22)7-5-15/h4-9,13,16H,2-3,10-12,14H2,1H3,(H,24,26)/t16-/m0/s1. The van der Waals surface area contributed by atoms with E-state index in [9.17, 15) is 13.2 Å². The van der Waals surface area contributed by atoms with E-state index in [-0.39, 0.29) is 28.3 Å². The Bertz CT molecular complexity index is 997. The summed E-state index contributed by atoms with van der Waals surface area (Å²) in [5, 5.41) is 3.82. The third-order valence-corrected chi connectivity index (χ3v) is 7.55. The highest BCUT2D eigenvalue weighted by atomic mass is 35.5. The molecular formula is C21H24Cl2N2O4S. The highest BCUT2D eigenvalue weighted by molar-refractivity contribution is 7.89. The van der Waals surface area contributed by atoms with E-state index in [0.717, 1.165) is 5.56 Å². The molecule has 2 aromatic rings. The van der Waals surface area contributed by atoms with Crippen molar-refractivity contribution in [3.63, 3.8) is 0 Å². The topological polar surface area (TPSA) is 75.7 Å². The number of nitrogens with zero attached hydrogens (tertiary/aromatic N) is 1. The maximum Gasteiger partial charge on any atom is 0.243 e. The van der Waals surface area contributed by atoms with Crippen molar-refractivity contribution in [1.82, 2.24) is 9.62 Å². The molecule has 1 amide bonds. The number of hydrogen-bond acceptors (Lipinski definition) is 4. The van der Waals surface area contributed by atoms with E-state index in [4.69, 9.17) is 27.9 Å². The number of halogens is 2. The van der Waals surface area contributed by atoms with Gasteiger partial charge in [-0.25, -0.2) is 8.42 Å². The van der Waals surface area contributed by atoms with Crippen LogP contribution in [0.5, 0.6) is 5.75 Å². The van der Waals surface area contributed by atoms with Crippen molar-refractivity contribution in [3.8, 4) is 5.75 Å². The molecule has 2 aromatic carbocycles. The lowest BCUT2D eigenvalue weighted by Crippen LogP contribution is -2.45. The predicted octanol–water partition coefficient (Wildman–Crippen LogP) is 3.76. The van der Waals surface area contributed by atoms with Crippen molar-refractivity contribution in [1.29, 1.82) is 0 Å². The van der Waals surface area contributed by atoms with Crippen LogP contribution in [0.1, 0.15) is 18.4 Å². The summed E-state index contributed by atoms with van der Waals surface area (Å²) in [6.07, 6.45) is 1.96. The van der Waals surface area contributed by atoms with Gasteiger partial charge in [-0.2, -0.15) is 4.31 Å². The van der Waals surface area contributed by atoms with Crippen molar-refractivity contribution in [2.45, 2.75) is 24.2 Å². The zero-order valence-corrected chi connectivity index (χ0v) is 18.9. The number of rotatable bonds is 7. The molecule has 0 aromatic heterocycles. The summed E-state index contributed by atoms with van der Waals surface area (Å²) < 4.78 is 32.5. The molecule has 0 saturated carbocycles. The maximum atomic E-state index is 13.0. The van der Waals surface area contributed by atoms with Crippen LogP contribution in [0.4, 0.5) is 0 Å². The van der Waals surface area contributed by atoms with E-state index in [1.165, 1.54) is 29.6 Å². The van der Waals surface area contributed by atoms with Gasteiger partial charge in [0.25, 0.3) is 0 Å². The molecule has 0 radical (unpaired) electrons. The molecule has 6 nitrogen and oxygen atoms in total. The summed E-state index contributed by atoms with van der Waals surface area (Å²) in [5.41, 5.74) is 1.07. The number of carbonyl (C=O) groups is 1. The zero-order chi connectivity index (χ0) is 21.7. The smallest absolute Gasteiger partial charge is 0.243 e. The Morgan fingerprint density at radius 2 is 1.93 bits per heavy atom. The lowest BCUT2D eigenvalue weighted by molar-refractivity contribution is -0.126. The van der Waals surface area contributed by atoms with Crippen LogP contribution in [0.15, 0.2) is 47.4 Å². The number of ether oxygens (including phenoxy) is 1. The fourth-order valence-corrected chi connectivity index (χ4v) is 5.46. The molecule has 1 saturated heterocycles. The highest BCUT2D eigenvalue weighted by Gasteiger charge is 2.33. The predicted molar refractivity (Wildman–Crippen MR) is 118 cm³/mol. The molecule has 0 unspecified atom stereocenters. The van der Waals surface area contributed by atoms with Crippen molar-refractivity contribution in [2.24, 2.45) is 5.92 Å². The van der Waals surface area contributed by atoms with Gasteiger partial charge in [0.2, 0.25) is 15.9 Å². The lowest BCUT2D eigenvalue weighted by Gasteiger charge is -2.31. The number of amides is 1. The number of hydrogen-bond donors (Lipinski definition) is 1. The molecule has 0 spiro atoms. The van der Waals surface area contributed by atoms with Crippen molar-refractivity contribution < 1.29 is 17.9 Å². The molecule has 1 fully saturated rings. The van der Waals surface area contributed by atoms with Gasteiger partial charge in [-0.1, -0.05) is 35.3 Å². The van der Waals surface area contributed by atoms with Crippen LogP contribution in [0.2, 0.25) is 10.0 Å². The van der Waals surface area contributed by atoms with E-state index in [0.29, 0.717) is 43.1 Å². The summed E-state index contributed by atoms with van der Waals surface area (Å²) in [5.74, 6) is -0.101. The van der Waals surface area contributed by atoms with Gasteiger partial charge in [0, 0.05) is 24.7 Å². The van der Waals surface area contributed by atoms with Crippen molar-refractivity contribution >= 4 is 39.1 Å². The number of nitrogens with one attached hydrogen (secondary N) is 1. The number of methoxy groups -OCH3 is 1. The molecular weight excluding hydrogens is 447 g/mol. The molecule has 9 heteroatoms. The minimum Gasteiger partial charge on any atom is -0.495 e. The SMILES string of the molecule is COc1ccc(S(=O)(=O)N2CCC[C@H](C(=O)NCCc3ccc(Cl)cc3)C2)cc1Cl. The summed E-state index contributed by atoms with van der Waals surface area (Å²) >= 11 is 12.0. The molecule has 3 rings (SSSR count). The van der Waals surface area contributed by atoms with Gasteiger partial charge in [-0.15, -0.1) is 0 Å². The van der Waals surface area contributed by atoms with Gasteiger partial charge in [0.1, 0.15) is 5.75 Å². The molecule has 162 valence electrons. The van der Waals surface area contributed by atoms with Gasteiger partial charge < -0.3 is 10.1 Å². The van der Waals surface area contributed by atoms with Crippen LogP contribution in [0.25, 0.3) is 0 Å². The Kier molecular flexibility index (Phi) is 7.63. The molecule has 30 heavy (non-hydrogen) atoms. The minimum atomic E-state index is -3.74. The Morgan fingerprint density at radius 1 is 1.20 bits per heavy atom. The number of sulfonamides is 1. The first-order valence-corrected chi connectivity index (χ1v) is 11.9. The average molecular weight is 471 g/mol. The van der Waals surface area contributed by atoms with Crippen molar-refractivity contribution in [3.05, 3.63) is 58.1 Å². The normalized spacial score (nSPS) is 17.5. The molecule has 1 aliphatic rings. The molecule has 0 aliphatic carbocycles. The molecule has 1 heterocycles. The fraction of sp³-hybridized carbons (Fsp3) is 0.381. The first-order chi connectivity index (χ1) is 14.3. The van der Waals surface area contributed by atoms with Gasteiger partial charge in [0.15, 0.2) is 0 Å². The summed E-state index contributed by atoms with van der Waals surface area (Å²) in [7, 11) is -2.27. The molecule has 1 aliphatic heterocycles. The number of piperidine rings is 1. The zero-order valence-electron chi connectivity index (χ0n) is 16.6. The Labute approximate surface area is 187 Å². The monoisotopic (exact) mass is 470 g/mol. The second kappa shape index (κ2) is 10.0. The molecule has 1 atom stereocenters. The number of carbonyl (C=O) groups excluding carboxylic acids is 1. The van der Waals surface area contributed by atoms with Crippen LogP contribution in [-0.4, -0.2) is 45.4 Å². The van der Waals surface area contributed by atoms with E-state index >= 15 is 0 Å². The average Bonchev–Trinajstić information content (AvgIpc) is 2.75. The summed E-state index contributed by atoms with van der Waals surface area (Å²) in [6.45, 7) is 1.01. The van der Waals surface area contributed by atoms with Crippen LogP contribution < -0.4 is 10.1 Å². The fourth-order valence-electron chi connectivity index (χ4n) is 3.46. The molecule has 1 N–H and O–H groups in total. The third kappa shape index (κ3) is 5.46. The number of benzene rings is 2. The van der Waals surface area contributed by atoms with Gasteiger partial charge in [-0.05, 0) is 55.2 Å². The van der Waals surface area contributed by atoms with Crippen molar-refractivity contribution in [2.75, 3.05) is 26.7 Å². The van der Waals surface area contributed by atoms with Crippen LogP contribution in [0, 0.1) is 5.92 Å². The van der Waals surface area contributed by atoms with Gasteiger partial charge in [-0.3, -0.25) is 4.79 Å². The van der Waals surface area contributed by atoms with Gasteiger partial charge >= 0.3 is 0 Å². The Hall–Kier alpha value is -1.80. The van der Waals surface area contributed by atoms with E-state index in [1.54, 1.807) is 0 Å². The second-order valence-corrected chi connectivity index (χ2v) is 9.95.